The molecule has 0 aromatic carbocycles. The molecule has 0 amide bonds. The SMILES string of the molecule is CCC(C)OC1CCNCC1. The van der Waals surface area contributed by atoms with Crippen molar-refractivity contribution in [2.75, 3.05) is 13.1 Å². The van der Waals surface area contributed by atoms with Gasteiger partial charge in [-0.15, -0.1) is 0 Å². The molecule has 0 aromatic heterocycles. The first-order valence-corrected chi connectivity index (χ1v) is 4.69. The smallest absolute Gasteiger partial charge is 0.0603 e. The van der Waals surface area contributed by atoms with Crippen molar-refractivity contribution in [3.63, 3.8) is 0 Å². The standard InChI is InChI=1S/C9H19NO/c1-3-8(2)11-9-4-6-10-7-5-9/h8-10H,3-7H2,1-2H3. The third kappa shape index (κ3) is 3.21. The Morgan fingerprint density at radius 1 is 1.45 bits per heavy atom. The summed E-state index contributed by atoms with van der Waals surface area (Å²) < 4.78 is 5.80. The molecular formula is C9H19NO. The first kappa shape index (κ1) is 9.01. The van der Waals surface area contributed by atoms with Crippen molar-refractivity contribution in [1.29, 1.82) is 0 Å². The van der Waals surface area contributed by atoms with Crippen molar-refractivity contribution in [3.8, 4) is 0 Å². The number of rotatable bonds is 3. The van der Waals surface area contributed by atoms with Crippen LogP contribution in [0.4, 0.5) is 0 Å². The van der Waals surface area contributed by atoms with E-state index in [1.165, 1.54) is 12.8 Å². The molecule has 1 fully saturated rings. The van der Waals surface area contributed by atoms with Gasteiger partial charge in [-0.3, -0.25) is 0 Å². The topological polar surface area (TPSA) is 21.3 Å². The second-order valence-corrected chi connectivity index (χ2v) is 3.30. The van der Waals surface area contributed by atoms with E-state index < -0.39 is 0 Å². The second kappa shape index (κ2) is 4.73. The molecule has 0 saturated carbocycles. The molecule has 0 aromatic rings. The highest BCUT2D eigenvalue weighted by Crippen LogP contribution is 2.11. The number of piperidine rings is 1. The highest BCUT2D eigenvalue weighted by atomic mass is 16.5. The van der Waals surface area contributed by atoms with Crippen LogP contribution in [0.25, 0.3) is 0 Å². The van der Waals surface area contributed by atoms with E-state index in [0.29, 0.717) is 12.2 Å². The Morgan fingerprint density at radius 3 is 2.64 bits per heavy atom. The van der Waals surface area contributed by atoms with Crippen molar-refractivity contribution >= 4 is 0 Å². The van der Waals surface area contributed by atoms with Crippen LogP contribution >= 0.6 is 0 Å². The molecule has 2 nitrogen and oxygen atoms in total. The molecule has 1 rings (SSSR count). The highest BCUT2D eigenvalue weighted by Gasteiger charge is 2.14. The van der Waals surface area contributed by atoms with Crippen LogP contribution in [0.1, 0.15) is 33.1 Å². The largest absolute Gasteiger partial charge is 0.375 e. The fourth-order valence-corrected chi connectivity index (χ4v) is 1.36. The van der Waals surface area contributed by atoms with Gasteiger partial charge in [0.05, 0.1) is 12.2 Å². The van der Waals surface area contributed by atoms with Crippen molar-refractivity contribution in [1.82, 2.24) is 5.32 Å². The van der Waals surface area contributed by atoms with Crippen molar-refractivity contribution in [2.24, 2.45) is 0 Å². The van der Waals surface area contributed by atoms with Gasteiger partial charge < -0.3 is 10.1 Å². The molecule has 1 saturated heterocycles. The summed E-state index contributed by atoms with van der Waals surface area (Å²) in [6.45, 7) is 6.58. The van der Waals surface area contributed by atoms with Crippen LogP contribution in [0.5, 0.6) is 0 Å². The predicted molar refractivity (Wildman–Crippen MR) is 46.7 cm³/mol. The van der Waals surface area contributed by atoms with Crippen molar-refractivity contribution < 1.29 is 4.74 Å². The zero-order chi connectivity index (χ0) is 8.10. The van der Waals surface area contributed by atoms with E-state index in [9.17, 15) is 0 Å². The van der Waals surface area contributed by atoms with Gasteiger partial charge in [0.1, 0.15) is 0 Å². The Morgan fingerprint density at radius 2 is 2.09 bits per heavy atom. The molecular weight excluding hydrogens is 138 g/mol. The molecule has 66 valence electrons. The van der Waals surface area contributed by atoms with Crippen LogP contribution in [0.2, 0.25) is 0 Å². The van der Waals surface area contributed by atoms with Gasteiger partial charge in [0, 0.05) is 0 Å². The zero-order valence-electron chi connectivity index (χ0n) is 7.60. The summed E-state index contributed by atoms with van der Waals surface area (Å²) >= 11 is 0. The lowest BCUT2D eigenvalue weighted by molar-refractivity contribution is -0.0185. The Balaban J connectivity index is 2.13. The van der Waals surface area contributed by atoms with Crippen LogP contribution in [0.3, 0.4) is 0 Å². The zero-order valence-corrected chi connectivity index (χ0v) is 7.60. The lowest BCUT2D eigenvalue weighted by Crippen LogP contribution is -2.34. The first-order valence-electron chi connectivity index (χ1n) is 4.69. The second-order valence-electron chi connectivity index (χ2n) is 3.30. The summed E-state index contributed by atoms with van der Waals surface area (Å²) in [6, 6.07) is 0. The molecule has 0 bridgehead atoms. The van der Waals surface area contributed by atoms with Crippen molar-refractivity contribution in [2.45, 2.75) is 45.3 Å². The quantitative estimate of drug-likeness (QED) is 0.671. The minimum Gasteiger partial charge on any atom is -0.375 e. The lowest BCUT2D eigenvalue weighted by Gasteiger charge is -2.25. The van der Waals surface area contributed by atoms with E-state index >= 15 is 0 Å². The summed E-state index contributed by atoms with van der Waals surface area (Å²) in [5.74, 6) is 0. The Bertz CT molecular complexity index is 99.7. The fourth-order valence-electron chi connectivity index (χ4n) is 1.36. The molecule has 1 unspecified atom stereocenters. The summed E-state index contributed by atoms with van der Waals surface area (Å²) in [7, 11) is 0. The van der Waals surface area contributed by atoms with E-state index in [0.717, 1.165) is 19.5 Å². The maximum atomic E-state index is 5.80. The fraction of sp³-hybridized carbons (Fsp3) is 1.00. The van der Waals surface area contributed by atoms with Gasteiger partial charge in [0.15, 0.2) is 0 Å². The molecule has 0 aliphatic carbocycles. The van der Waals surface area contributed by atoms with Crippen LogP contribution in [-0.2, 0) is 4.74 Å². The monoisotopic (exact) mass is 157 g/mol. The van der Waals surface area contributed by atoms with Gasteiger partial charge in [-0.2, -0.15) is 0 Å². The molecule has 11 heavy (non-hydrogen) atoms. The molecule has 1 N–H and O–H groups in total. The van der Waals surface area contributed by atoms with Gasteiger partial charge in [0.2, 0.25) is 0 Å². The maximum Gasteiger partial charge on any atom is 0.0603 e. The van der Waals surface area contributed by atoms with E-state index in [2.05, 4.69) is 19.2 Å². The number of ether oxygens (including phenoxy) is 1. The van der Waals surface area contributed by atoms with Gasteiger partial charge in [0.25, 0.3) is 0 Å². The molecule has 1 heterocycles. The molecule has 1 aliphatic rings. The van der Waals surface area contributed by atoms with Gasteiger partial charge >= 0.3 is 0 Å². The normalized spacial score (nSPS) is 23.5. The summed E-state index contributed by atoms with van der Waals surface area (Å²) in [5.41, 5.74) is 0. The summed E-state index contributed by atoms with van der Waals surface area (Å²) in [6.07, 6.45) is 4.46. The van der Waals surface area contributed by atoms with E-state index in [1.54, 1.807) is 0 Å². The number of hydrogen-bond donors (Lipinski definition) is 1. The Hall–Kier alpha value is -0.0800. The Labute approximate surface area is 69.3 Å². The first-order chi connectivity index (χ1) is 5.33. The third-order valence-electron chi connectivity index (χ3n) is 2.29. The minimum absolute atomic E-state index is 0.443. The van der Waals surface area contributed by atoms with Crippen LogP contribution in [-0.4, -0.2) is 25.3 Å². The molecule has 2 heteroatoms. The average molecular weight is 157 g/mol. The van der Waals surface area contributed by atoms with Gasteiger partial charge in [-0.05, 0) is 39.3 Å². The molecule has 0 spiro atoms. The molecule has 1 atom stereocenters. The van der Waals surface area contributed by atoms with Crippen molar-refractivity contribution in [3.05, 3.63) is 0 Å². The summed E-state index contributed by atoms with van der Waals surface area (Å²) in [4.78, 5) is 0. The molecule has 1 aliphatic heterocycles. The van der Waals surface area contributed by atoms with E-state index in [1.807, 2.05) is 0 Å². The maximum absolute atomic E-state index is 5.80. The highest BCUT2D eigenvalue weighted by molar-refractivity contribution is 4.69. The molecule has 0 radical (unpaired) electrons. The minimum atomic E-state index is 0.443. The van der Waals surface area contributed by atoms with E-state index in [-0.39, 0.29) is 0 Å². The van der Waals surface area contributed by atoms with E-state index in [4.69, 9.17) is 4.74 Å². The number of nitrogens with one attached hydrogen (secondary N) is 1. The van der Waals surface area contributed by atoms with Crippen LogP contribution in [0, 0.1) is 0 Å². The van der Waals surface area contributed by atoms with Crippen LogP contribution in [0.15, 0.2) is 0 Å². The predicted octanol–water partition coefficient (Wildman–Crippen LogP) is 1.55. The third-order valence-corrected chi connectivity index (χ3v) is 2.29. The number of hydrogen-bond acceptors (Lipinski definition) is 2. The Kier molecular flexibility index (Phi) is 3.87. The van der Waals surface area contributed by atoms with Gasteiger partial charge in [-0.25, -0.2) is 0 Å². The average Bonchev–Trinajstić information content (AvgIpc) is 2.06. The summed E-state index contributed by atoms with van der Waals surface area (Å²) in [5, 5.41) is 3.33. The van der Waals surface area contributed by atoms with Gasteiger partial charge in [-0.1, -0.05) is 6.92 Å². The lowest BCUT2D eigenvalue weighted by atomic mass is 10.1. The van der Waals surface area contributed by atoms with Crippen LogP contribution < -0.4 is 5.32 Å².